The third-order valence-corrected chi connectivity index (χ3v) is 13.9. The molecule has 0 radical (unpaired) electrons. The molecular weight excluding hydrogens is 777 g/mol. The van der Waals surface area contributed by atoms with Gasteiger partial charge in [-0.25, -0.2) is 9.97 Å². The van der Waals surface area contributed by atoms with E-state index in [2.05, 4.69) is 212 Å². The van der Waals surface area contributed by atoms with Gasteiger partial charge in [-0.2, -0.15) is 0 Å². The van der Waals surface area contributed by atoms with E-state index in [0.29, 0.717) is 5.82 Å². The highest BCUT2D eigenvalue weighted by atomic mass is 16.3. The molecular formula is C61H36N2O. The van der Waals surface area contributed by atoms with E-state index in [4.69, 9.17) is 14.4 Å². The van der Waals surface area contributed by atoms with Gasteiger partial charge in [-0.15, -0.1) is 0 Å². The lowest BCUT2D eigenvalue weighted by Crippen LogP contribution is -2.25. The Morgan fingerprint density at radius 1 is 0.312 bits per heavy atom. The van der Waals surface area contributed by atoms with Gasteiger partial charge in [0.1, 0.15) is 11.2 Å². The van der Waals surface area contributed by atoms with E-state index >= 15 is 0 Å². The summed E-state index contributed by atoms with van der Waals surface area (Å²) in [4.78, 5) is 10.7. The molecule has 0 amide bonds. The summed E-state index contributed by atoms with van der Waals surface area (Å²) in [5.74, 6) is 0.670. The predicted octanol–water partition coefficient (Wildman–Crippen LogP) is 15.7. The molecule has 0 bridgehead atoms. The van der Waals surface area contributed by atoms with Gasteiger partial charge in [-0.05, 0) is 90.5 Å². The van der Waals surface area contributed by atoms with Gasteiger partial charge in [0.05, 0.1) is 16.8 Å². The Kier molecular flexibility index (Phi) is 7.32. The minimum absolute atomic E-state index is 0.395. The smallest absolute Gasteiger partial charge is 0.160 e. The molecule has 0 atom stereocenters. The van der Waals surface area contributed by atoms with Crippen molar-refractivity contribution < 1.29 is 4.42 Å². The van der Waals surface area contributed by atoms with Crippen LogP contribution < -0.4 is 0 Å². The summed E-state index contributed by atoms with van der Waals surface area (Å²) in [7, 11) is 0. The van der Waals surface area contributed by atoms with Crippen LogP contribution in [0.5, 0.6) is 0 Å². The van der Waals surface area contributed by atoms with Gasteiger partial charge in [0.25, 0.3) is 0 Å². The highest BCUT2D eigenvalue weighted by molar-refractivity contribution is 6.24. The maximum absolute atomic E-state index is 6.96. The van der Waals surface area contributed by atoms with Crippen LogP contribution in [0.2, 0.25) is 0 Å². The van der Waals surface area contributed by atoms with Gasteiger partial charge in [-0.1, -0.05) is 194 Å². The molecule has 2 aromatic heterocycles. The Hall–Kier alpha value is -8.40. The lowest BCUT2D eigenvalue weighted by molar-refractivity contribution is 0.674. The van der Waals surface area contributed by atoms with Crippen molar-refractivity contribution in [3.8, 4) is 67.3 Å². The molecule has 12 aromatic rings. The number of aromatic nitrogens is 2. The molecule has 0 unspecified atom stereocenters. The lowest BCUT2D eigenvalue weighted by atomic mass is 9.70. The highest BCUT2D eigenvalue weighted by Gasteiger charge is 2.51. The van der Waals surface area contributed by atoms with Crippen LogP contribution >= 0.6 is 0 Å². The molecule has 10 aromatic carbocycles. The van der Waals surface area contributed by atoms with Gasteiger partial charge in [0.2, 0.25) is 0 Å². The first kappa shape index (κ1) is 35.2. The number of fused-ring (bicyclic) bond motifs is 17. The predicted molar refractivity (Wildman–Crippen MR) is 262 cm³/mol. The van der Waals surface area contributed by atoms with Crippen molar-refractivity contribution in [1.82, 2.24) is 9.97 Å². The van der Waals surface area contributed by atoms with Crippen molar-refractivity contribution in [3.05, 3.63) is 241 Å². The molecule has 64 heavy (non-hydrogen) atoms. The van der Waals surface area contributed by atoms with Crippen molar-refractivity contribution in [3.63, 3.8) is 0 Å². The number of rotatable bonds is 4. The zero-order valence-electron chi connectivity index (χ0n) is 34.6. The Bertz CT molecular complexity index is 3870. The van der Waals surface area contributed by atoms with Crippen molar-refractivity contribution in [2.75, 3.05) is 0 Å². The summed E-state index contributed by atoms with van der Waals surface area (Å²) < 4.78 is 6.96. The number of hydrogen-bond donors (Lipinski definition) is 0. The summed E-state index contributed by atoms with van der Waals surface area (Å²) in [5.41, 5.74) is 18.7. The van der Waals surface area contributed by atoms with E-state index in [1.807, 2.05) is 6.07 Å². The monoisotopic (exact) mass is 812 g/mol. The highest BCUT2D eigenvalue weighted by Crippen LogP contribution is 2.63. The summed E-state index contributed by atoms with van der Waals surface area (Å²) in [6, 6.07) is 78.8. The summed E-state index contributed by atoms with van der Waals surface area (Å²) in [6.07, 6.45) is 0. The Morgan fingerprint density at radius 2 is 0.859 bits per heavy atom. The van der Waals surface area contributed by atoms with Crippen LogP contribution in [0.1, 0.15) is 22.3 Å². The minimum atomic E-state index is -0.395. The third-order valence-electron chi connectivity index (χ3n) is 13.9. The maximum Gasteiger partial charge on any atom is 0.160 e. The van der Waals surface area contributed by atoms with Gasteiger partial charge in [0.15, 0.2) is 5.82 Å². The number of para-hydroxylation sites is 1. The number of benzene rings is 10. The van der Waals surface area contributed by atoms with Crippen LogP contribution in [0.4, 0.5) is 0 Å². The number of hydrogen-bond acceptors (Lipinski definition) is 3. The third kappa shape index (κ3) is 4.86. The van der Waals surface area contributed by atoms with Crippen LogP contribution in [0.15, 0.2) is 223 Å². The molecule has 2 aliphatic carbocycles. The fraction of sp³-hybridized carbons (Fsp3) is 0.0164. The molecule has 0 saturated heterocycles. The molecule has 0 saturated carbocycles. The summed E-state index contributed by atoms with van der Waals surface area (Å²) in [5, 5.41) is 6.92. The molecule has 296 valence electrons. The van der Waals surface area contributed by atoms with E-state index in [9.17, 15) is 0 Å². The van der Waals surface area contributed by atoms with Crippen molar-refractivity contribution in [1.29, 1.82) is 0 Å². The van der Waals surface area contributed by atoms with Crippen LogP contribution in [0, 0.1) is 0 Å². The van der Waals surface area contributed by atoms with Crippen molar-refractivity contribution in [2.24, 2.45) is 0 Å². The second-order valence-corrected chi connectivity index (χ2v) is 17.2. The topological polar surface area (TPSA) is 38.9 Å². The molecule has 1 spiro atoms. The molecule has 2 heterocycles. The van der Waals surface area contributed by atoms with E-state index in [0.717, 1.165) is 66.5 Å². The van der Waals surface area contributed by atoms with Gasteiger partial charge >= 0.3 is 0 Å². The normalized spacial score (nSPS) is 13.1. The fourth-order valence-electron chi connectivity index (χ4n) is 11.1. The Labute approximate surface area is 369 Å². The zero-order valence-corrected chi connectivity index (χ0v) is 34.6. The first-order chi connectivity index (χ1) is 31.7. The maximum atomic E-state index is 6.96. The standard InChI is InChI=1S/C61H36N2O/c1-2-15-38(16-3-1)55-36-56(41-31-33-54-50(35-41)47-22-8-11-27-53(47)61(54)51-25-9-6-20-45(51)46-21-7-10-26-52(46)61)63-60(62-55)42-18-12-17-40(34-42)44-23-13-24-48-49-32-30-39-29-28-37-14-4-5-19-43(37)57(39)59(49)64-58(44)48/h1-36H. The average molecular weight is 813 g/mol. The van der Waals surface area contributed by atoms with E-state index in [1.54, 1.807) is 0 Å². The summed E-state index contributed by atoms with van der Waals surface area (Å²) in [6.45, 7) is 0. The van der Waals surface area contributed by atoms with E-state index < -0.39 is 5.41 Å². The number of nitrogens with zero attached hydrogens (tertiary/aromatic N) is 2. The van der Waals surface area contributed by atoms with Gasteiger partial charge < -0.3 is 4.42 Å². The van der Waals surface area contributed by atoms with Crippen LogP contribution in [0.25, 0.3) is 111 Å². The second-order valence-electron chi connectivity index (χ2n) is 17.2. The Balaban J connectivity index is 0.937. The van der Waals surface area contributed by atoms with Crippen molar-refractivity contribution in [2.45, 2.75) is 5.41 Å². The van der Waals surface area contributed by atoms with Gasteiger partial charge in [0, 0.05) is 38.4 Å². The largest absolute Gasteiger partial charge is 0.455 e. The molecule has 0 aliphatic heterocycles. The van der Waals surface area contributed by atoms with Crippen LogP contribution in [0.3, 0.4) is 0 Å². The quantitative estimate of drug-likeness (QED) is 0.166. The zero-order chi connectivity index (χ0) is 41.9. The molecule has 3 heteroatoms. The second kappa shape index (κ2) is 13.3. The molecule has 0 fully saturated rings. The number of furan rings is 1. The fourth-order valence-corrected chi connectivity index (χ4v) is 11.1. The average Bonchev–Trinajstić information content (AvgIpc) is 4.00. The molecule has 2 aliphatic rings. The summed E-state index contributed by atoms with van der Waals surface area (Å²) >= 11 is 0. The molecule has 0 N–H and O–H groups in total. The Morgan fingerprint density at radius 3 is 1.64 bits per heavy atom. The minimum Gasteiger partial charge on any atom is -0.455 e. The van der Waals surface area contributed by atoms with Crippen molar-refractivity contribution >= 4 is 43.5 Å². The molecule has 3 nitrogen and oxygen atoms in total. The lowest BCUT2D eigenvalue weighted by Gasteiger charge is -2.30. The van der Waals surface area contributed by atoms with Crippen LogP contribution in [-0.2, 0) is 5.41 Å². The first-order valence-corrected chi connectivity index (χ1v) is 22.0. The first-order valence-electron chi connectivity index (χ1n) is 22.0. The molecule has 14 rings (SSSR count). The van der Waals surface area contributed by atoms with E-state index in [-0.39, 0.29) is 0 Å². The van der Waals surface area contributed by atoms with E-state index in [1.165, 1.54) is 60.7 Å². The SMILES string of the molecule is c1ccc(-c2cc(-c3ccc4c(c3)-c3ccccc3C43c4ccccc4-c4ccccc43)nc(-c3cccc(-c4cccc5c4oc4c5ccc5ccc6ccccc6c54)c3)n2)cc1. The van der Waals surface area contributed by atoms with Crippen LogP contribution in [-0.4, -0.2) is 9.97 Å². The van der Waals surface area contributed by atoms with Gasteiger partial charge in [-0.3, -0.25) is 0 Å².